The largest absolute Gasteiger partial charge is 0.484 e. The van der Waals surface area contributed by atoms with Gasteiger partial charge in [0.05, 0.1) is 24.0 Å². The minimum Gasteiger partial charge on any atom is -0.484 e. The van der Waals surface area contributed by atoms with E-state index in [0.29, 0.717) is 5.69 Å². The Balaban J connectivity index is 1.60. The molecule has 1 amide bonds. The van der Waals surface area contributed by atoms with Crippen molar-refractivity contribution >= 4 is 33.1 Å². The van der Waals surface area contributed by atoms with Crippen molar-refractivity contribution in [3.05, 3.63) is 64.7 Å². The van der Waals surface area contributed by atoms with Gasteiger partial charge in [-0.05, 0) is 36.4 Å². The molecule has 34 heavy (non-hydrogen) atoms. The van der Waals surface area contributed by atoms with Gasteiger partial charge in [-0.15, -0.1) is 0 Å². The van der Waals surface area contributed by atoms with E-state index in [1.54, 1.807) is 0 Å². The van der Waals surface area contributed by atoms with Gasteiger partial charge < -0.3 is 19.5 Å². The highest BCUT2D eigenvalue weighted by Crippen LogP contribution is 2.22. The molecule has 13 nitrogen and oxygen atoms in total. The molecule has 2 N–H and O–H groups in total. The summed E-state index contributed by atoms with van der Waals surface area (Å²) >= 11 is 0. The maximum atomic E-state index is 12.7. The number of sulfonamides is 1. The van der Waals surface area contributed by atoms with Crippen LogP contribution in [0.5, 0.6) is 17.6 Å². The number of benzene rings is 2. The minimum atomic E-state index is -4.00. The molecule has 1 heterocycles. The van der Waals surface area contributed by atoms with Crippen LogP contribution in [0.1, 0.15) is 0 Å². The fourth-order valence-corrected chi connectivity index (χ4v) is 3.57. The van der Waals surface area contributed by atoms with Gasteiger partial charge in [0.2, 0.25) is 5.88 Å². The standard InChI is InChI=1S/C20H19N5O8S/c1-31-19-11-17(22-20(23-19)32-2)24-34(29,30)16-9-3-13(4-10-16)21-18(26)12-33-15-7-5-14(6-8-15)25(27)28/h3-11H,12H2,1-2H3,(H,21,26)(H,22,23,24). The van der Waals surface area contributed by atoms with Gasteiger partial charge in [-0.1, -0.05) is 0 Å². The molecule has 0 fully saturated rings. The lowest BCUT2D eigenvalue weighted by Gasteiger charge is -2.11. The van der Waals surface area contributed by atoms with Crippen LogP contribution >= 0.6 is 0 Å². The van der Waals surface area contributed by atoms with Crippen LogP contribution in [0.4, 0.5) is 17.2 Å². The summed E-state index contributed by atoms with van der Waals surface area (Å²) in [6.45, 7) is -0.350. The van der Waals surface area contributed by atoms with Gasteiger partial charge in [0, 0.05) is 23.9 Å². The van der Waals surface area contributed by atoms with E-state index in [1.807, 2.05) is 0 Å². The van der Waals surface area contributed by atoms with E-state index in [1.165, 1.54) is 68.8 Å². The summed E-state index contributed by atoms with van der Waals surface area (Å²) in [5.41, 5.74) is 0.237. The van der Waals surface area contributed by atoms with E-state index in [9.17, 15) is 23.3 Å². The molecule has 0 aliphatic rings. The molecule has 178 valence electrons. The topological polar surface area (TPSA) is 172 Å². The van der Waals surface area contributed by atoms with E-state index in [0.717, 1.165) is 0 Å². The van der Waals surface area contributed by atoms with Gasteiger partial charge in [0.25, 0.3) is 21.6 Å². The SMILES string of the molecule is COc1cc(NS(=O)(=O)c2ccc(NC(=O)COc3ccc([N+](=O)[O-])cc3)cc2)nc(OC)n1. The van der Waals surface area contributed by atoms with Crippen molar-refractivity contribution in [3.8, 4) is 17.6 Å². The molecule has 14 heteroatoms. The number of nitrogens with zero attached hydrogens (tertiary/aromatic N) is 3. The fourth-order valence-electron chi connectivity index (χ4n) is 2.58. The van der Waals surface area contributed by atoms with Gasteiger partial charge in [-0.3, -0.25) is 19.6 Å². The first-order valence-corrected chi connectivity index (χ1v) is 11.0. The number of nitro groups is 1. The van der Waals surface area contributed by atoms with Crippen molar-refractivity contribution in [1.29, 1.82) is 0 Å². The van der Waals surface area contributed by atoms with Gasteiger partial charge in [-0.2, -0.15) is 9.97 Å². The average Bonchev–Trinajstić information content (AvgIpc) is 2.82. The Labute approximate surface area is 193 Å². The monoisotopic (exact) mass is 489 g/mol. The smallest absolute Gasteiger partial charge is 0.321 e. The molecule has 0 aliphatic carbocycles. The molecule has 3 rings (SSSR count). The normalized spacial score (nSPS) is 10.8. The molecule has 2 aromatic carbocycles. The number of ether oxygens (including phenoxy) is 3. The van der Waals surface area contributed by atoms with Crippen LogP contribution < -0.4 is 24.2 Å². The number of methoxy groups -OCH3 is 2. The first-order chi connectivity index (χ1) is 16.2. The molecule has 0 spiro atoms. The van der Waals surface area contributed by atoms with Crippen LogP contribution in [0.15, 0.2) is 59.5 Å². The molecule has 0 unspecified atom stereocenters. The van der Waals surface area contributed by atoms with Crippen molar-refractivity contribution in [1.82, 2.24) is 9.97 Å². The minimum absolute atomic E-state index is 0.0514. The molecule has 0 radical (unpaired) electrons. The highest BCUT2D eigenvalue weighted by molar-refractivity contribution is 7.92. The number of anilines is 2. The summed E-state index contributed by atoms with van der Waals surface area (Å²) in [6.07, 6.45) is 0. The molecular formula is C20H19N5O8S. The van der Waals surface area contributed by atoms with Crippen molar-refractivity contribution in [2.75, 3.05) is 30.9 Å². The third kappa shape index (κ3) is 6.29. The molecule has 0 aliphatic heterocycles. The van der Waals surface area contributed by atoms with Crippen molar-refractivity contribution in [3.63, 3.8) is 0 Å². The number of amides is 1. The Kier molecular flexibility index (Phi) is 7.43. The summed E-state index contributed by atoms with van der Waals surface area (Å²) in [5, 5.41) is 13.2. The van der Waals surface area contributed by atoms with Crippen LogP contribution in [-0.4, -0.2) is 50.0 Å². The number of hydrogen-bond acceptors (Lipinski definition) is 10. The Bertz CT molecular complexity index is 1260. The molecule has 1 aromatic heterocycles. The number of nitrogens with one attached hydrogen (secondary N) is 2. The first kappa shape index (κ1) is 24.2. The second-order valence-electron chi connectivity index (χ2n) is 6.50. The number of rotatable bonds is 10. The molecular weight excluding hydrogens is 470 g/mol. The predicted molar refractivity (Wildman–Crippen MR) is 120 cm³/mol. The van der Waals surface area contributed by atoms with E-state index in [-0.39, 0.29) is 40.6 Å². The fraction of sp³-hybridized carbons (Fsp3) is 0.150. The zero-order valence-corrected chi connectivity index (χ0v) is 18.7. The lowest BCUT2D eigenvalue weighted by atomic mass is 10.3. The van der Waals surface area contributed by atoms with Gasteiger partial charge >= 0.3 is 6.01 Å². The molecule has 0 saturated heterocycles. The number of carbonyl (C=O) groups excluding carboxylic acids is 1. The second kappa shape index (κ2) is 10.4. The predicted octanol–water partition coefficient (Wildman–Crippen LogP) is 2.22. The van der Waals surface area contributed by atoms with Crippen LogP contribution in [-0.2, 0) is 14.8 Å². The number of non-ortho nitro benzene ring substituents is 1. The number of nitro benzene ring substituents is 1. The van der Waals surface area contributed by atoms with E-state index >= 15 is 0 Å². The highest BCUT2D eigenvalue weighted by Gasteiger charge is 2.17. The third-order valence-corrected chi connectivity index (χ3v) is 5.55. The van der Waals surface area contributed by atoms with Crippen LogP contribution in [0, 0.1) is 10.1 Å². The zero-order chi connectivity index (χ0) is 24.7. The molecule has 0 saturated carbocycles. The summed E-state index contributed by atoms with van der Waals surface area (Å²) in [4.78, 5) is 29.9. The summed E-state index contributed by atoms with van der Waals surface area (Å²) in [6, 6.07) is 11.9. The summed E-state index contributed by atoms with van der Waals surface area (Å²) < 4.78 is 42.8. The van der Waals surface area contributed by atoms with E-state index in [4.69, 9.17) is 14.2 Å². The van der Waals surface area contributed by atoms with Crippen molar-refractivity contribution in [2.45, 2.75) is 4.90 Å². The summed E-state index contributed by atoms with van der Waals surface area (Å²) in [5.74, 6) is -0.165. The van der Waals surface area contributed by atoms with Crippen molar-refractivity contribution < 1.29 is 32.3 Å². The van der Waals surface area contributed by atoms with E-state index in [2.05, 4.69) is 20.0 Å². The van der Waals surface area contributed by atoms with Crippen molar-refractivity contribution in [2.24, 2.45) is 0 Å². The number of aromatic nitrogens is 2. The lowest BCUT2D eigenvalue weighted by Crippen LogP contribution is -2.20. The van der Waals surface area contributed by atoms with Crippen LogP contribution in [0.2, 0.25) is 0 Å². The Morgan fingerprint density at radius 1 is 1.03 bits per heavy atom. The van der Waals surface area contributed by atoms with Gasteiger partial charge in [0.1, 0.15) is 5.75 Å². The molecule has 0 bridgehead atoms. The van der Waals surface area contributed by atoms with Crippen LogP contribution in [0.25, 0.3) is 0 Å². The van der Waals surface area contributed by atoms with Gasteiger partial charge in [-0.25, -0.2) is 8.42 Å². The Morgan fingerprint density at radius 3 is 2.29 bits per heavy atom. The molecule has 3 aromatic rings. The zero-order valence-electron chi connectivity index (χ0n) is 17.9. The second-order valence-corrected chi connectivity index (χ2v) is 8.18. The van der Waals surface area contributed by atoms with Crippen LogP contribution in [0.3, 0.4) is 0 Å². The summed E-state index contributed by atoms with van der Waals surface area (Å²) in [7, 11) is -1.31. The van der Waals surface area contributed by atoms with Gasteiger partial charge in [0.15, 0.2) is 12.4 Å². The molecule has 0 atom stereocenters. The number of hydrogen-bond donors (Lipinski definition) is 2. The quantitative estimate of drug-likeness (QED) is 0.318. The Morgan fingerprint density at radius 2 is 1.71 bits per heavy atom. The maximum absolute atomic E-state index is 12.7. The maximum Gasteiger partial charge on any atom is 0.321 e. The van der Waals surface area contributed by atoms with E-state index < -0.39 is 20.9 Å². The third-order valence-electron chi connectivity index (χ3n) is 4.18. The lowest BCUT2D eigenvalue weighted by molar-refractivity contribution is -0.384. The average molecular weight is 489 g/mol. The first-order valence-electron chi connectivity index (χ1n) is 9.47. The Hall–Kier alpha value is -4.46. The number of carbonyl (C=O) groups is 1. The highest BCUT2D eigenvalue weighted by atomic mass is 32.2.